The second kappa shape index (κ2) is 6.58. The molecule has 2 aromatic carbocycles. The molecule has 2 aromatic rings. The van der Waals surface area contributed by atoms with Gasteiger partial charge in [0.25, 0.3) is 0 Å². The summed E-state index contributed by atoms with van der Waals surface area (Å²) in [6.45, 7) is 9.02. The number of methoxy groups -OCH3 is 1. The Balaban J connectivity index is 2.15. The Hall–Kier alpha value is -2.80. The summed E-state index contributed by atoms with van der Waals surface area (Å²) >= 11 is 0. The minimum Gasteiger partial charge on any atom is -0.497 e. The molecule has 0 spiro atoms. The van der Waals surface area contributed by atoms with E-state index in [1.165, 1.54) is 7.11 Å². The zero-order chi connectivity index (χ0) is 15.2. The van der Waals surface area contributed by atoms with Crippen molar-refractivity contribution in [3.05, 3.63) is 71.1 Å². The van der Waals surface area contributed by atoms with Crippen LogP contribution in [0.4, 0.5) is 5.69 Å². The normalized spacial score (nSPS) is 11.3. The Morgan fingerprint density at radius 1 is 1.14 bits per heavy atom. The van der Waals surface area contributed by atoms with Gasteiger partial charge in [0.2, 0.25) is 5.69 Å². The third kappa shape index (κ3) is 3.40. The number of hydrogen-bond acceptors (Lipinski definition) is 3. The highest BCUT2D eigenvalue weighted by Crippen LogP contribution is 2.31. The van der Waals surface area contributed by atoms with Crippen LogP contribution in [0.25, 0.3) is 4.85 Å². The fourth-order valence-electron chi connectivity index (χ4n) is 1.92. The second-order valence-electron chi connectivity index (χ2n) is 4.45. The summed E-state index contributed by atoms with van der Waals surface area (Å²) in [6.07, 6.45) is -0.223. The van der Waals surface area contributed by atoms with E-state index in [0.717, 1.165) is 5.56 Å². The van der Waals surface area contributed by atoms with Crippen molar-refractivity contribution in [2.24, 2.45) is 0 Å². The topological polar surface area (TPSA) is 39.9 Å². The molecule has 0 N–H and O–H groups in total. The molecule has 0 aliphatic heterocycles. The van der Waals surface area contributed by atoms with Gasteiger partial charge in [-0.2, -0.15) is 0 Å². The number of hydrogen-bond donors (Lipinski definition) is 0. The fraction of sp³-hybridized carbons (Fsp3) is 0.176. The van der Waals surface area contributed by atoms with Gasteiger partial charge >= 0.3 is 5.97 Å². The Morgan fingerprint density at radius 3 is 2.43 bits per heavy atom. The average molecular weight is 281 g/mol. The van der Waals surface area contributed by atoms with E-state index >= 15 is 0 Å². The highest BCUT2D eigenvalue weighted by atomic mass is 16.5. The molecule has 0 saturated heterocycles. The zero-order valence-corrected chi connectivity index (χ0v) is 11.9. The van der Waals surface area contributed by atoms with Crippen molar-refractivity contribution < 1.29 is 14.3 Å². The molecular weight excluding hydrogens is 266 g/mol. The standard InChI is InChI=1S/C17H15NO3/c1-12(21-16-7-5-4-6-15(16)18-2)13-8-10-14(11-9-13)17(19)20-3/h4-12H,1,3H3. The molecule has 4 nitrogen and oxygen atoms in total. The minimum atomic E-state index is -0.367. The second-order valence-corrected chi connectivity index (χ2v) is 4.45. The molecule has 1 atom stereocenters. The number of esters is 1. The lowest BCUT2D eigenvalue weighted by Crippen LogP contribution is -2.05. The van der Waals surface area contributed by atoms with Crippen LogP contribution in [0.5, 0.6) is 5.75 Å². The van der Waals surface area contributed by atoms with E-state index < -0.39 is 0 Å². The van der Waals surface area contributed by atoms with Crippen LogP contribution in [-0.4, -0.2) is 13.1 Å². The SMILES string of the molecule is [C-]#[N+]c1ccccc1OC(C)c1ccc(C(=O)OC)cc1. The fourth-order valence-corrected chi connectivity index (χ4v) is 1.92. The third-order valence-corrected chi connectivity index (χ3v) is 3.09. The van der Waals surface area contributed by atoms with Crippen molar-refractivity contribution in [1.82, 2.24) is 0 Å². The summed E-state index contributed by atoms with van der Waals surface area (Å²) in [5.74, 6) is 0.186. The maximum Gasteiger partial charge on any atom is 0.337 e. The first-order valence-corrected chi connectivity index (χ1v) is 6.47. The van der Waals surface area contributed by atoms with Crippen LogP contribution < -0.4 is 4.74 Å². The molecule has 21 heavy (non-hydrogen) atoms. The molecule has 0 amide bonds. The Kier molecular flexibility index (Phi) is 4.57. The molecule has 2 rings (SSSR count). The monoisotopic (exact) mass is 281 g/mol. The molecule has 0 bridgehead atoms. The first kappa shape index (κ1) is 14.6. The van der Waals surface area contributed by atoms with E-state index in [9.17, 15) is 4.79 Å². The molecule has 0 aliphatic rings. The lowest BCUT2D eigenvalue weighted by atomic mass is 10.1. The summed E-state index contributed by atoms with van der Waals surface area (Å²) in [6, 6.07) is 14.1. The molecular formula is C17H15NO3. The molecule has 1 unspecified atom stereocenters. The highest BCUT2D eigenvalue weighted by Gasteiger charge is 2.11. The van der Waals surface area contributed by atoms with E-state index in [-0.39, 0.29) is 12.1 Å². The van der Waals surface area contributed by atoms with Crippen molar-refractivity contribution in [3.8, 4) is 5.75 Å². The number of rotatable bonds is 4. The van der Waals surface area contributed by atoms with Gasteiger partial charge in [-0.05, 0) is 30.7 Å². The summed E-state index contributed by atoms with van der Waals surface area (Å²) in [7, 11) is 1.35. The largest absolute Gasteiger partial charge is 0.497 e. The molecule has 0 radical (unpaired) electrons. The summed E-state index contributed by atoms with van der Waals surface area (Å²) < 4.78 is 10.5. The molecule has 0 heterocycles. The molecule has 0 fully saturated rings. The third-order valence-electron chi connectivity index (χ3n) is 3.09. The van der Waals surface area contributed by atoms with Gasteiger partial charge in [0, 0.05) is 0 Å². The summed E-state index contributed by atoms with van der Waals surface area (Å²) in [5, 5.41) is 0. The molecule has 4 heteroatoms. The van der Waals surface area contributed by atoms with Crippen LogP contribution in [0.3, 0.4) is 0 Å². The lowest BCUT2D eigenvalue weighted by molar-refractivity contribution is 0.0600. The first-order chi connectivity index (χ1) is 10.2. The van der Waals surface area contributed by atoms with E-state index in [0.29, 0.717) is 17.0 Å². The molecule has 0 aromatic heterocycles. The van der Waals surface area contributed by atoms with Gasteiger partial charge < -0.3 is 9.47 Å². The van der Waals surface area contributed by atoms with E-state index in [2.05, 4.69) is 9.58 Å². The number of ether oxygens (including phenoxy) is 2. The maximum absolute atomic E-state index is 11.4. The van der Waals surface area contributed by atoms with Crippen LogP contribution in [0, 0.1) is 6.57 Å². The highest BCUT2D eigenvalue weighted by molar-refractivity contribution is 5.89. The zero-order valence-electron chi connectivity index (χ0n) is 11.9. The number of carbonyl (C=O) groups is 1. The van der Waals surface area contributed by atoms with Crippen LogP contribution in [0.15, 0.2) is 48.5 Å². The number of para-hydroxylation sites is 2. The van der Waals surface area contributed by atoms with Gasteiger partial charge in [0.15, 0.2) is 0 Å². The number of nitrogens with zero attached hydrogens (tertiary/aromatic N) is 1. The van der Waals surface area contributed by atoms with Crippen molar-refractivity contribution in [1.29, 1.82) is 0 Å². The van der Waals surface area contributed by atoms with Crippen molar-refractivity contribution in [3.63, 3.8) is 0 Å². The predicted octanol–water partition coefficient (Wildman–Crippen LogP) is 4.16. The predicted molar refractivity (Wildman–Crippen MR) is 79.5 cm³/mol. The average Bonchev–Trinajstić information content (AvgIpc) is 2.54. The van der Waals surface area contributed by atoms with Gasteiger partial charge in [-0.3, -0.25) is 0 Å². The van der Waals surface area contributed by atoms with Gasteiger partial charge in [0.1, 0.15) is 11.9 Å². The van der Waals surface area contributed by atoms with Crippen LogP contribution >= 0.6 is 0 Å². The number of benzene rings is 2. The van der Waals surface area contributed by atoms with E-state index in [4.69, 9.17) is 11.3 Å². The Bertz CT molecular complexity index is 671. The maximum atomic E-state index is 11.4. The first-order valence-electron chi connectivity index (χ1n) is 6.47. The minimum absolute atomic E-state index is 0.223. The van der Waals surface area contributed by atoms with Gasteiger partial charge in [0.05, 0.1) is 19.2 Å². The van der Waals surface area contributed by atoms with E-state index in [1.807, 2.05) is 25.1 Å². The van der Waals surface area contributed by atoms with Crippen molar-refractivity contribution >= 4 is 11.7 Å². The van der Waals surface area contributed by atoms with E-state index in [1.54, 1.807) is 30.3 Å². The van der Waals surface area contributed by atoms with Crippen LogP contribution in [0.1, 0.15) is 28.9 Å². The van der Waals surface area contributed by atoms with Crippen molar-refractivity contribution in [2.45, 2.75) is 13.0 Å². The van der Waals surface area contributed by atoms with Gasteiger partial charge in [-0.15, -0.1) is 0 Å². The summed E-state index contributed by atoms with van der Waals surface area (Å²) in [4.78, 5) is 14.8. The smallest absolute Gasteiger partial charge is 0.337 e. The Labute approximate surface area is 123 Å². The van der Waals surface area contributed by atoms with Crippen LogP contribution in [0.2, 0.25) is 0 Å². The summed E-state index contributed by atoms with van der Waals surface area (Å²) in [5.41, 5.74) is 1.90. The molecule has 0 saturated carbocycles. The quantitative estimate of drug-likeness (QED) is 0.624. The molecule has 0 aliphatic carbocycles. The Morgan fingerprint density at radius 2 is 1.81 bits per heavy atom. The number of carbonyl (C=O) groups excluding carboxylic acids is 1. The van der Waals surface area contributed by atoms with Gasteiger partial charge in [-0.25, -0.2) is 9.64 Å². The molecule has 106 valence electrons. The van der Waals surface area contributed by atoms with Gasteiger partial charge in [-0.1, -0.05) is 30.3 Å². The van der Waals surface area contributed by atoms with Crippen molar-refractivity contribution in [2.75, 3.05) is 7.11 Å². The van der Waals surface area contributed by atoms with Crippen LogP contribution in [-0.2, 0) is 4.74 Å². The lowest BCUT2D eigenvalue weighted by Gasteiger charge is -2.16.